The third-order valence-corrected chi connectivity index (χ3v) is 21.5. The lowest BCUT2D eigenvalue weighted by molar-refractivity contribution is -0.136. The monoisotopic (exact) mass is 1770 g/mol. The van der Waals surface area contributed by atoms with Crippen LogP contribution >= 0.6 is 22.9 Å². The summed E-state index contributed by atoms with van der Waals surface area (Å²) in [5, 5.41) is 34.9. The van der Waals surface area contributed by atoms with Gasteiger partial charge in [0.25, 0.3) is 29.5 Å². The van der Waals surface area contributed by atoms with Gasteiger partial charge in [0.15, 0.2) is 23.3 Å². The lowest BCUT2D eigenvalue weighted by Crippen LogP contribution is -2.48. The highest BCUT2D eigenvalue weighted by molar-refractivity contribution is 7.15. The number of fused-ring (bicyclic) bond motifs is 3. The second kappa shape index (κ2) is 46.1. The van der Waals surface area contributed by atoms with Crippen LogP contribution in [0, 0.1) is 44.5 Å². The van der Waals surface area contributed by atoms with Crippen LogP contribution in [-0.2, 0) is 82.9 Å². The van der Waals surface area contributed by atoms with Crippen molar-refractivity contribution in [3.05, 3.63) is 171 Å². The molecule has 0 aliphatic carbocycles. The topological polar surface area (TPSA) is 441 Å². The fraction of sp³-hybridized carbons (Fsp3) is 0.412. The second-order valence-electron chi connectivity index (χ2n) is 29.6. The number of carbonyl (C=O) groups is 10. The molecule has 39 nitrogen and oxygen atoms in total. The molecule has 2 aliphatic rings. The van der Waals surface area contributed by atoms with E-state index in [-0.39, 0.29) is 155 Å². The number of carbonyl (C=O) groups excluding carboxylic acids is 10. The van der Waals surface area contributed by atoms with E-state index in [9.17, 15) is 47.9 Å². The summed E-state index contributed by atoms with van der Waals surface area (Å²) in [6, 6.07) is 17.0. The molecule has 9 N–H and O–H groups in total. The molecule has 2 aliphatic heterocycles. The number of hydrogen-bond acceptors (Lipinski definition) is 24. The van der Waals surface area contributed by atoms with E-state index in [1.807, 2.05) is 47.9 Å². The first-order chi connectivity index (χ1) is 60.7. The van der Waals surface area contributed by atoms with Crippen molar-refractivity contribution in [3.63, 3.8) is 0 Å². The van der Waals surface area contributed by atoms with Crippen molar-refractivity contribution < 1.29 is 71.6 Å². The molecular weight excluding hydrogens is 1660 g/mol. The Morgan fingerprint density at radius 1 is 0.540 bits per heavy atom. The maximum atomic E-state index is 13.8. The van der Waals surface area contributed by atoms with Gasteiger partial charge < -0.3 is 104 Å². The van der Waals surface area contributed by atoms with E-state index >= 15 is 0 Å². The molecule has 0 radical (unpaired) electrons. The molecule has 0 unspecified atom stereocenters. The molecule has 11 rings (SSSR count). The highest BCUT2D eigenvalue weighted by atomic mass is 35.5. The van der Waals surface area contributed by atoms with Crippen LogP contribution in [0.3, 0.4) is 0 Å². The standard InChI is InChI=1S/C85H103ClN24O15S/c1-55-56(2)126-85-74(55)75(59-16-18-60(86)19-17-59)95-64(76-101-100-57(3)110(76)85)49-72(114)92-61-20-14-58(15-21-61)13-11-10-12-30-109(37-36-108-34-32-102(4)33-35-108)73(115)54-125-46-45-124-44-43-123-42-41-122-40-39-121-38-29-87-69(111)22-25-91-82(118)78-98-67(52-106(78)8)96-70(112)23-26-90-81(117)66-48-63(51-105(66)7)94-84(120)79-99-68(53-107(79)9)97-71(113)24-27-89-80(116)65-47-62(50-104(65)6)93-83(119)77-88-28-31-103(77)5/h14-21,28,31,47-48,50-53,64H,22-27,29-30,32-46,49,54H2,1-9H3,(H,87,111)(H,89,116)(H,90,117)(H,91,118)(H,92,114)(H,93,119)(H,94,120)(H,96,112)(H,97,113)/t64-/m0/s1. The van der Waals surface area contributed by atoms with Gasteiger partial charge in [-0.25, -0.2) is 15.0 Å². The second-order valence-corrected chi connectivity index (χ2v) is 31.2. The SMILES string of the molecule is Cc1sc2c(c1C)C(c1ccc(Cl)cc1)=N[C@@H](CC(=O)Nc1ccc(C#CC#CCN(CCN3CCN(C)CC3)C(=O)COCCOCCOCCOCCOCCNC(=O)CCNC(=O)c3nc(NC(=O)CCNC(=O)c4cc(NC(=O)c5nc(NC(=O)CCNC(=O)c6cc(NC(=O)c7nccn7C)cn6C)cn5C)cn4C)cn3C)cc1)c1nnc(C)n1-2. The summed E-state index contributed by atoms with van der Waals surface area (Å²) in [5.74, 6) is 9.06. The van der Waals surface area contributed by atoms with Crippen molar-refractivity contribution >= 4 is 116 Å². The van der Waals surface area contributed by atoms with E-state index in [0.717, 1.165) is 58.5 Å². The predicted molar refractivity (Wildman–Crippen MR) is 470 cm³/mol. The molecular formula is C85H103ClN24O15S. The summed E-state index contributed by atoms with van der Waals surface area (Å²) in [5.41, 5.74) is 6.07. The van der Waals surface area contributed by atoms with Crippen LogP contribution in [0.2, 0.25) is 5.02 Å². The highest BCUT2D eigenvalue weighted by Gasteiger charge is 2.33. The third-order valence-electron chi connectivity index (χ3n) is 20.1. The number of amides is 10. The number of ether oxygens (including phenoxy) is 5. The Morgan fingerprint density at radius 3 is 1.67 bits per heavy atom. The maximum absolute atomic E-state index is 13.8. The number of halogens is 1. The van der Waals surface area contributed by atoms with E-state index in [1.165, 1.54) is 55.2 Å². The summed E-state index contributed by atoms with van der Waals surface area (Å²) in [6.45, 7) is 13.7. The van der Waals surface area contributed by atoms with Gasteiger partial charge in [0.1, 0.15) is 34.9 Å². The van der Waals surface area contributed by atoms with Gasteiger partial charge in [-0.05, 0) is 93.8 Å². The molecule has 7 aromatic heterocycles. The van der Waals surface area contributed by atoms with E-state index in [4.69, 9.17) is 40.3 Å². The normalized spacial score (nSPS) is 13.0. The minimum atomic E-state index is -0.644. The van der Waals surface area contributed by atoms with Gasteiger partial charge >= 0.3 is 0 Å². The fourth-order valence-electron chi connectivity index (χ4n) is 13.2. The van der Waals surface area contributed by atoms with E-state index in [2.05, 4.69) is 127 Å². The average molecular weight is 1770 g/mol. The van der Waals surface area contributed by atoms with Gasteiger partial charge in [0.2, 0.25) is 41.2 Å². The number of rotatable bonds is 43. The molecule has 126 heavy (non-hydrogen) atoms. The molecule has 10 amide bonds. The van der Waals surface area contributed by atoms with E-state index in [0.29, 0.717) is 79.7 Å². The van der Waals surface area contributed by atoms with E-state index in [1.54, 1.807) is 80.6 Å². The minimum Gasteiger partial charge on any atom is -0.377 e. The number of aliphatic imine (C=N–C) groups is 1. The molecule has 1 saturated heterocycles. The lowest BCUT2D eigenvalue weighted by atomic mass is 9.99. The molecule has 2 aromatic carbocycles. The van der Waals surface area contributed by atoms with Crippen molar-refractivity contribution in [3.8, 4) is 28.7 Å². The Hall–Kier alpha value is -13.0. The molecule has 0 saturated carbocycles. The van der Waals surface area contributed by atoms with Crippen molar-refractivity contribution in [2.75, 3.05) is 172 Å². The number of nitrogens with zero attached hydrogens (tertiary/aromatic N) is 15. The van der Waals surface area contributed by atoms with Crippen molar-refractivity contribution in [1.29, 1.82) is 0 Å². The Bertz CT molecular complexity index is 5530. The van der Waals surface area contributed by atoms with Crippen LogP contribution in [0.5, 0.6) is 0 Å². The number of aryl methyl sites for hydroxylation is 7. The van der Waals surface area contributed by atoms with Crippen molar-refractivity contribution in [2.24, 2.45) is 40.2 Å². The number of hydrogen-bond donors (Lipinski definition) is 9. The third kappa shape index (κ3) is 27.0. The molecule has 666 valence electrons. The quantitative estimate of drug-likeness (QED) is 0.0191. The summed E-state index contributed by atoms with van der Waals surface area (Å²) in [4.78, 5) is 156. The van der Waals surface area contributed by atoms with Gasteiger partial charge in [-0.1, -0.05) is 35.6 Å². The smallest absolute Gasteiger partial charge is 0.291 e. The first-order valence-electron chi connectivity index (χ1n) is 40.7. The molecule has 1 atom stereocenters. The van der Waals surface area contributed by atoms with Crippen LogP contribution in [0.15, 0.2) is 103 Å². The zero-order valence-electron chi connectivity index (χ0n) is 71.6. The minimum absolute atomic E-state index is 0.00627. The molecule has 0 spiro atoms. The molecule has 9 heterocycles. The Labute approximate surface area is 736 Å². The van der Waals surface area contributed by atoms with Crippen LogP contribution in [0.4, 0.5) is 28.7 Å². The predicted octanol–water partition coefficient (Wildman–Crippen LogP) is 4.18. The van der Waals surface area contributed by atoms with Crippen LogP contribution in [0.1, 0.15) is 123 Å². The summed E-state index contributed by atoms with van der Waals surface area (Å²) >= 11 is 7.94. The number of thiophene rings is 1. The highest BCUT2D eigenvalue weighted by Crippen LogP contribution is 2.40. The van der Waals surface area contributed by atoms with Gasteiger partial charge in [-0.2, -0.15) is 0 Å². The number of likely N-dealkylation sites (N-methyl/N-ethyl adjacent to an activating group) is 1. The number of piperazine rings is 1. The number of benzene rings is 2. The maximum Gasteiger partial charge on any atom is 0.291 e. The van der Waals surface area contributed by atoms with Gasteiger partial charge in [-0.3, -0.25) is 62.4 Å². The first-order valence-corrected chi connectivity index (χ1v) is 41.9. The van der Waals surface area contributed by atoms with Crippen LogP contribution in [0.25, 0.3) is 5.00 Å². The summed E-state index contributed by atoms with van der Waals surface area (Å²) in [6.07, 6.45) is 8.81. The number of nitrogens with one attached hydrogen (secondary N) is 9. The molecule has 1 fully saturated rings. The average Bonchev–Trinajstić information content (AvgIpc) is 1.59. The van der Waals surface area contributed by atoms with E-state index < -0.39 is 47.4 Å². The number of imidazole rings is 3. The van der Waals surface area contributed by atoms with Crippen LogP contribution in [-0.4, -0.2) is 277 Å². The zero-order valence-corrected chi connectivity index (χ0v) is 73.2. The largest absolute Gasteiger partial charge is 0.377 e. The first kappa shape index (κ1) is 93.7. The van der Waals surface area contributed by atoms with Crippen molar-refractivity contribution in [1.82, 2.24) is 88.5 Å². The Kier molecular flexibility index (Phi) is 34.3. The fourth-order valence-corrected chi connectivity index (χ4v) is 14.6. The molecule has 9 aromatic rings. The van der Waals surface area contributed by atoms with Gasteiger partial charge in [0.05, 0.1) is 89.5 Å². The lowest BCUT2D eigenvalue weighted by Gasteiger charge is -2.33. The van der Waals surface area contributed by atoms with Gasteiger partial charge in [-0.15, -0.1) is 21.5 Å². The van der Waals surface area contributed by atoms with Crippen molar-refractivity contribution in [2.45, 2.75) is 52.5 Å². The summed E-state index contributed by atoms with van der Waals surface area (Å²) in [7, 11) is 10.1. The number of aromatic nitrogens is 11. The number of anilines is 5. The Balaban J connectivity index is 0.490. The molecule has 0 bridgehead atoms. The zero-order chi connectivity index (χ0) is 89.8. The van der Waals surface area contributed by atoms with Gasteiger partial charge in [0, 0.05) is 189 Å². The van der Waals surface area contributed by atoms with Crippen LogP contribution < -0.4 is 47.9 Å². The molecule has 41 heteroatoms. The Morgan fingerprint density at radius 2 is 1.09 bits per heavy atom. The summed E-state index contributed by atoms with van der Waals surface area (Å²) < 4.78 is 37.5.